The molecule has 1 aromatic carbocycles. The van der Waals surface area contributed by atoms with Crippen LogP contribution in [0.15, 0.2) is 23.0 Å². The third kappa shape index (κ3) is 5.16. The zero-order valence-electron chi connectivity index (χ0n) is 21.4. The molecule has 1 N–H and O–H groups in total. The number of ether oxygens (including phenoxy) is 2. The zero-order valence-corrected chi connectivity index (χ0v) is 21.4. The Hall–Kier alpha value is -3.14. The number of fused-ring (bicyclic) bond motifs is 1. The largest absolute Gasteiger partial charge is 0.449 e. The Morgan fingerprint density at radius 1 is 1.03 bits per heavy atom. The van der Waals surface area contributed by atoms with Gasteiger partial charge in [-0.1, -0.05) is 19.4 Å². The molecule has 4 heterocycles. The van der Waals surface area contributed by atoms with Crippen molar-refractivity contribution in [1.82, 2.24) is 19.4 Å². The first kappa shape index (κ1) is 25.5. The molecule has 3 amide bonds. The summed E-state index contributed by atoms with van der Waals surface area (Å²) in [6.07, 6.45) is 5.26. The quantitative estimate of drug-likeness (QED) is 0.470. The monoisotopic (exact) mass is 512 g/mol. The summed E-state index contributed by atoms with van der Waals surface area (Å²) in [6.45, 7) is 4.98. The van der Waals surface area contributed by atoms with Gasteiger partial charge in [-0.05, 0) is 62.1 Å². The van der Waals surface area contributed by atoms with Gasteiger partial charge in [-0.25, -0.2) is 9.59 Å². The molecule has 37 heavy (non-hydrogen) atoms. The Bertz CT molecular complexity index is 1220. The van der Waals surface area contributed by atoms with E-state index in [4.69, 9.17) is 9.47 Å². The van der Waals surface area contributed by atoms with Crippen LogP contribution in [-0.4, -0.2) is 64.9 Å². The fourth-order valence-electron chi connectivity index (χ4n) is 5.83. The lowest BCUT2D eigenvalue weighted by atomic mass is 9.89. The van der Waals surface area contributed by atoms with Crippen LogP contribution in [0.2, 0.25) is 0 Å². The lowest BCUT2D eigenvalue weighted by Gasteiger charge is -2.31. The van der Waals surface area contributed by atoms with Gasteiger partial charge in [0.15, 0.2) is 0 Å². The van der Waals surface area contributed by atoms with Crippen LogP contribution < -0.4 is 11.0 Å². The first-order chi connectivity index (χ1) is 18.0. The normalized spacial score (nSPS) is 21.9. The summed E-state index contributed by atoms with van der Waals surface area (Å²) in [5.74, 6) is -0.460. The number of hydrogen-bond acceptors (Lipinski definition) is 6. The molecule has 0 aliphatic carbocycles. The molecular formula is C27H36N4O6. The van der Waals surface area contributed by atoms with Crippen LogP contribution in [0.25, 0.3) is 11.0 Å². The van der Waals surface area contributed by atoms with Crippen molar-refractivity contribution in [3.05, 3.63) is 34.2 Å². The van der Waals surface area contributed by atoms with E-state index in [-0.39, 0.29) is 36.1 Å². The van der Waals surface area contributed by atoms with E-state index < -0.39 is 11.9 Å². The molecule has 2 aromatic rings. The summed E-state index contributed by atoms with van der Waals surface area (Å²) in [6, 6.07) is 5.36. The van der Waals surface area contributed by atoms with Crippen molar-refractivity contribution in [2.75, 3.05) is 32.9 Å². The third-order valence-corrected chi connectivity index (χ3v) is 7.96. The van der Waals surface area contributed by atoms with E-state index >= 15 is 0 Å². The fraction of sp³-hybridized carbons (Fsp3) is 0.630. The molecule has 0 bridgehead atoms. The van der Waals surface area contributed by atoms with Crippen molar-refractivity contribution in [3.63, 3.8) is 0 Å². The Labute approximate surface area is 215 Å². The van der Waals surface area contributed by atoms with Crippen LogP contribution in [0.1, 0.15) is 81.9 Å². The van der Waals surface area contributed by atoms with Crippen molar-refractivity contribution in [2.24, 2.45) is 0 Å². The molecule has 0 spiro atoms. The number of imidazole rings is 1. The van der Waals surface area contributed by atoms with Gasteiger partial charge in [-0.15, -0.1) is 0 Å². The highest BCUT2D eigenvalue weighted by atomic mass is 16.6. The minimum Gasteiger partial charge on any atom is -0.449 e. The average molecular weight is 513 g/mol. The van der Waals surface area contributed by atoms with Crippen molar-refractivity contribution >= 4 is 28.9 Å². The number of piperidine rings is 2. The Morgan fingerprint density at radius 3 is 2.49 bits per heavy atom. The van der Waals surface area contributed by atoms with E-state index in [1.165, 1.54) is 0 Å². The van der Waals surface area contributed by atoms with Gasteiger partial charge in [-0.3, -0.25) is 24.0 Å². The molecule has 1 atom stereocenters. The van der Waals surface area contributed by atoms with Crippen LogP contribution in [-0.2, 0) is 19.1 Å². The maximum Gasteiger partial charge on any atom is 0.409 e. The molecule has 3 aliphatic rings. The number of amides is 3. The molecule has 0 radical (unpaired) electrons. The van der Waals surface area contributed by atoms with E-state index in [2.05, 4.69) is 18.3 Å². The molecule has 1 aromatic heterocycles. The number of imide groups is 1. The number of aromatic nitrogens is 2. The van der Waals surface area contributed by atoms with E-state index in [0.717, 1.165) is 49.6 Å². The zero-order chi connectivity index (χ0) is 25.9. The number of nitrogens with zero attached hydrogens (tertiary/aromatic N) is 3. The SMILES string of the molecule is CCCCOC(=O)N1CCC(c2ccc3c(c2)n(C2CCOCC2)c(=O)n3C2CCC(=O)NC2=O)CC1. The number of carbonyl (C=O) groups is 3. The molecule has 200 valence electrons. The highest BCUT2D eigenvalue weighted by molar-refractivity contribution is 6.00. The van der Waals surface area contributed by atoms with Gasteiger partial charge in [0.2, 0.25) is 11.8 Å². The Balaban J connectivity index is 1.43. The van der Waals surface area contributed by atoms with E-state index in [1.54, 1.807) is 9.47 Å². The summed E-state index contributed by atoms with van der Waals surface area (Å²) in [7, 11) is 0. The molecule has 3 saturated heterocycles. The van der Waals surface area contributed by atoms with Gasteiger partial charge in [0, 0.05) is 38.8 Å². The summed E-state index contributed by atoms with van der Waals surface area (Å²) >= 11 is 0. The highest BCUT2D eigenvalue weighted by Crippen LogP contribution is 2.33. The van der Waals surface area contributed by atoms with E-state index in [0.29, 0.717) is 44.8 Å². The number of carbonyl (C=O) groups excluding carboxylic acids is 3. The number of rotatable bonds is 6. The molecule has 5 rings (SSSR count). The van der Waals surface area contributed by atoms with Crippen molar-refractivity contribution < 1.29 is 23.9 Å². The predicted octanol–water partition coefficient (Wildman–Crippen LogP) is 3.25. The average Bonchev–Trinajstić information content (AvgIpc) is 3.20. The van der Waals surface area contributed by atoms with Crippen LogP contribution in [0.5, 0.6) is 0 Å². The van der Waals surface area contributed by atoms with Gasteiger partial charge >= 0.3 is 11.8 Å². The van der Waals surface area contributed by atoms with Gasteiger partial charge in [0.1, 0.15) is 6.04 Å². The smallest absolute Gasteiger partial charge is 0.409 e. The van der Waals surface area contributed by atoms with E-state index in [1.807, 2.05) is 16.7 Å². The fourth-order valence-corrected chi connectivity index (χ4v) is 5.83. The minimum absolute atomic E-state index is 0.00623. The van der Waals surface area contributed by atoms with Gasteiger partial charge in [0.25, 0.3) is 0 Å². The molecule has 1 unspecified atom stereocenters. The lowest BCUT2D eigenvalue weighted by Crippen LogP contribution is -2.44. The first-order valence-corrected chi connectivity index (χ1v) is 13.6. The standard InChI is InChI=1S/C27H36N4O6/c1-2-3-14-37-27(35)29-12-8-18(9-13-29)19-4-5-21-23(17-19)30(20-10-15-36-16-11-20)26(34)31(21)22-6-7-24(32)28-25(22)33/h4-5,17-18,20,22H,2-3,6-16H2,1H3,(H,28,32,33). The van der Waals surface area contributed by atoms with Crippen molar-refractivity contribution in [1.29, 1.82) is 0 Å². The molecule has 0 saturated carbocycles. The second-order valence-corrected chi connectivity index (χ2v) is 10.3. The summed E-state index contributed by atoms with van der Waals surface area (Å²) in [4.78, 5) is 52.4. The highest BCUT2D eigenvalue weighted by Gasteiger charge is 2.34. The second kappa shape index (κ2) is 11.1. The topological polar surface area (TPSA) is 112 Å². The first-order valence-electron chi connectivity index (χ1n) is 13.6. The Morgan fingerprint density at radius 2 is 1.78 bits per heavy atom. The van der Waals surface area contributed by atoms with Crippen LogP contribution >= 0.6 is 0 Å². The molecule has 3 fully saturated rings. The van der Waals surface area contributed by atoms with Crippen molar-refractivity contribution in [2.45, 2.75) is 76.3 Å². The van der Waals surface area contributed by atoms with E-state index in [9.17, 15) is 19.2 Å². The van der Waals surface area contributed by atoms with Gasteiger partial charge in [0.05, 0.1) is 17.6 Å². The number of benzene rings is 1. The third-order valence-electron chi connectivity index (χ3n) is 7.96. The number of unbranched alkanes of at least 4 members (excludes halogenated alkanes) is 1. The van der Waals surface area contributed by atoms with Crippen LogP contribution in [0.4, 0.5) is 4.79 Å². The minimum atomic E-state index is -0.707. The number of hydrogen-bond donors (Lipinski definition) is 1. The maximum absolute atomic E-state index is 13.8. The van der Waals surface area contributed by atoms with Gasteiger partial charge < -0.3 is 14.4 Å². The van der Waals surface area contributed by atoms with Crippen molar-refractivity contribution in [3.8, 4) is 0 Å². The molecule has 3 aliphatic heterocycles. The molecular weight excluding hydrogens is 476 g/mol. The maximum atomic E-state index is 13.8. The molecule has 10 nitrogen and oxygen atoms in total. The summed E-state index contributed by atoms with van der Waals surface area (Å²) in [5, 5.41) is 2.39. The summed E-state index contributed by atoms with van der Waals surface area (Å²) in [5.41, 5.74) is 2.46. The summed E-state index contributed by atoms with van der Waals surface area (Å²) < 4.78 is 14.3. The Kier molecular flexibility index (Phi) is 7.64. The number of likely N-dealkylation sites (tertiary alicyclic amines) is 1. The van der Waals surface area contributed by atoms with Gasteiger partial charge in [-0.2, -0.15) is 0 Å². The predicted molar refractivity (Wildman–Crippen MR) is 137 cm³/mol. The number of nitrogens with one attached hydrogen (secondary N) is 1. The van der Waals surface area contributed by atoms with Crippen LogP contribution in [0.3, 0.4) is 0 Å². The molecule has 10 heteroatoms. The van der Waals surface area contributed by atoms with Crippen LogP contribution in [0, 0.1) is 0 Å². The lowest BCUT2D eigenvalue weighted by molar-refractivity contribution is -0.135. The second-order valence-electron chi connectivity index (χ2n) is 10.3.